The van der Waals surface area contributed by atoms with Crippen LogP contribution in [0.3, 0.4) is 0 Å². The van der Waals surface area contributed by atoms with Crippen LogP contribution in [0.1, 0.15) is 24.1 Å². The molecule has 29 heavy (non-hydrogen) atoms. The van der Waals surface area contributed by atoms with E-state index >= 15 is 0 Å². The second-order valence-corrected chi connectivity index (χ2v) is 8.91. The van der Waals surface area contributed by atoms with E-state index in [4.69, 9.17) is 9.47 Å². The van der Waals surface area contributed by atoms with Crippen LogP contribution in [-0.4, -0.2) is 60.8 Å². The average Bonchev–Trinajstić information content (AvgIpc) is 3.31. The maximum atomic E-state index is 13.2. The van der Waals surface area contributed by atoms with Gasteiger partial charge < -0.3 is 14.8 Å². The maximum absolute atomic E-state index is 13.2. The zero-order valence-corrected chi connectivity index (χ0v) is 17.6. The molecule has 1 amide bonds. The van der Waals surface area contributed by atoms with E-state index in [-0.39, 0.29) is 23.4 Å². The summed E-state index contributed by atoms with van der Waals surface area (Å²) in [6, 6.07) is 6.22. The number of thiazole rings is 1. The van der Waals surface area contributed by atoms with Crippen LogP contribution in [0.15, 0.2) is 24.3 Å². The molecule has 0 aliphatic carbocycles. The van der Waals surface area contributed by atoms with Gasteiger partial charge in [0.2, 0.25) is 5.91 Å². The van der Waals surface area contributed by atoms with Crippen LogP contribution in [0.4, 0.5) is 9.52 Å². The summed E-state index contributed by atoms with van der Waals surface area (Å²) in [6.07, 6.45) is 2.96. The Hall–Kier alpha value is -1.87. The fourth-order valence-electron chi connectivity index (χ4n) is 4.29. The number of piperidine rings is 1. The van der Waals surface area contributed by atoms with Crippen LogP contribution in [0.25, 0.3) is 11.3 Å². The zero-order chi connectivity index (χ0) is 20.4. The lowest BCUT2D eigenvalue weighted by Crippen LogP contribution is -2.57. The number of nitrogens with zero attached hydrogens (tertiary/aromatic N) is 2. The summed E-state index contributed by atoms with van der Waals surface area (Å²) < 4.78 is 24.9. The van der Waals surface area contributed by atoms with Crippen molar-refractivity contribution in [2.24, 2.45) is 0 Å². The molecule has 2 atom stereocenters. The minimum atomic E-state index is -0.282. The Morgan fingerprint density at radius 3 is 2.90 bits per heavy atom. The van der Waals surface area contributed by atoms with Crippen molar-refractivity contribution in [1.29, 1.82) is 0 Å². The molecule has 1 aromatic carbocycles. The van der Waals surface area contributed by atoms with E-state index in [0.717, 1.165) is 48.5 Å². The smallest absolute Gasteiger partial charge is 0.240 e. The molecule has 0 radical (unpaired) electrons. The van der Waals surface area contributed by atoms with Crippen LogP contribution in [-0.2, 0) is 14.3 Å². The molecule has 2 aliphatic rings. The third-order valence-electron chi connectivity index (χ3n) is 5.81. The Labute approximate surface area is 174 Å². The molecular weight excluding hydrogens is 393 g/mol. The highest BCUT2D eigenvalue weighted by Crippen LogP contribution is 2.37. The van der Waals surface area contributed by atoms with Crippen molar-refractivity contribution in [1.82, 2.24) is 9.88 Å². The van der Waals surface area contributed by atoms with Gasteiger partial charge in [-0.25, -0.2) is 9.37 Å². The molecule has 2 aromatic rings. The van der Waals surface area contributed by atoms with Gasteiger partial charge in [0.1, 0.15) is 5.82 Å². The summed E-state index contributed by atoms with van der Waals surface area (Å²) in [5, 5.41) is 3.46. The minimum absolute atomic E-state index is 0.0151. The number of amides is 1. The first-order valence-corrected chi connectivity index (χ1v) is 10.7. The minimum Gasteiger partial charge on any atom is -0.377 e. The summed E-state index contributed by atoms with van der Waals surface area (Å²) in [5.74, 6) is -0.376. The number of aromatic nitrogens is 1. The predicted octanol–water partition coefficient (Wildman–Crippen LogP) is 3.47. The standard InChI is InChI=1S/C21H26FN3O3S/c1-14-19(15-4-6-16(22)7-5-15)24-20(29-14)23-18(26)13-25-10-9-21(8-3-11-28-21)17(12-25)27-2/h4-7,17H,3,8-13H2,1-2H3,(H,23,24,26). The molecule has 6 nitrogen and oxygen atoms in total. The van der Waals surface area contributed by atoms with Gasteiger partial charge in [-0.05, 0) is 50.5 Å². The molecule has 4 rings (SSSR count). The highest BCUT2D eigenvalue weighted by molar-refractivity contribution is 7.16. The zero-order valence-electron chi connectivity index (χ0n) is 16.7. The first kappa shape index (κ1) is 20.4. The lowest BCUT2D eigenvalue weighted by atomic mass is 9.86. The van der Waals surface area contributed by atoms with Gasteiger partial charge in [-0.3, -0.25) is 9.69 Å². The summed E-state index contributed by atoms with van der Waals surface area (Å²) in [6.45, 7) is 4.52. The van der Waals surface area contributed by atoms with Crippen LogP contribution < -0.4 is 5.32 Å². The van der Waals surface area contributed by atoms with Crippen molar-refractivity contribution in [3.8, 4) is 11.3 Å². The number of hydrogen-bond acceptors (Lipinski definition) is 6. The van der Waals surface area contributed by atoms with Gasteiger partial charge in [0.05, 0.1) is 23.9 Å². The van der Waals surface area contributed by atoms with Crippen molar-refractivity contribution < 1.29 is 18.7 Å². The van der Waals surface area contributed by atoms with E-state index in [0.29, 0.717) is 18.2 Å². The van der Waals surface area contributed by atoms with E-state index in [1.54, 1.807) is 19.2 Å². The van der Waals surface area contributed by atoms with Crippen molar-refractivity contribution in [3.63, 3.8) is 0 Å². The second kappa shape index (κ2) is 8.47. The lowest BCUT2D eigenvalue weighted by molar-refractivity contribution is -0.145. The molecule has 2 aliphatic heterocycles. The maximum Gasteiger partial charge on any atom is 0.240 e. The highest BCUT2D eigenvalue weighted by Gasteiger charge is 2.46. The number of ether oxygens (including phenoxy) is 2. The van der Waals surface area contributed by atoms with E-state index in [1.807, 2.05) is 6.92 Å². The average molecular weight is 420 g/mol. The molecule has 2 fully saturated rings. The predicted molar refractivity (Wildman–Crippen MR) is 111 cm³/mol. The van der Waals surface area contributed by atoms with Gasteiger partial charge in [0.15, 0.2) is 5.13 Å². The number of carbonyl (C=O) groups excluding carboxylic acids is 1. The summed E-state index contributed by atoms with van der Waals surface area (Å²) >= 11 is 1.42. The quantitative estimate of drug-likeness (QED) is 0.804. The van der Waals surface area contributed by atoms with Gasteiger partial charge in [0.25, 0.3) is 0 Å². The molecule has 2 unspecified atom stereocenters. The van der Waals surface area contributed by atoms with Crippen molar-refractivity contribution in [2.45, 2.75) is 37.9 Å². The van der Waals surface area contributed by atoms with Gasteiger partial charge >= 0.3 is 0 Å². The van der Waals surface area contributed by atoms with Crippen molar-refractivity contribution in [2.75, 3.05) is 38.7 Å². The fraction of sp³-hybridized carbons (Fsp3) is 0.524. The first-order chi connectivity index (χ1) is 14.0. The summed E-state index contributed by atoms with van der Waals surface area (Å²) in [5.41, 5.74) is 1.42. The number of nitrogens with one attached hydrogen (secondary N) is 1. The topological polar surface area (TPSA) is 63.7 Å². The number of rotatable bonds is 5. The van der Waals surface area contributed by atoms with Crippen LogP contribution in [0, 0.1) is 12.7 Å². The Kier molecular flexibility index (Phi) is 5.96. The summed E-state index contributed by atoms with van der Waals surface area (Å²) in [7, 11) is 1.72. The number of anilines is 1. The molecular formula is C21H26FN3O3S. The number of halogens is 1. The van der Waals surface area contributed by atoms with E-state index in [2.05, 4.69) is 15.2 Å². The molecule has 0 bridgehead atoms. The Bertz CT molecular complexity index is 865. The summed E-state index contributed by atoms with van der Waals surface area (Å²) in [4.78, 5) is 20.2. The SMILES string of the molecule is COC1CN(CC(=O)Nc2nc(-c3ccc(F)cc3)c(C)s2)CCC12CCCO2. The normalized spacial score (nSPS) is 24.9. The van der Waals surface area contributed by atoms with Crippen molar-refractivity contribution in [3.05, 3.63) is 35.0 Å². The number of likely N-dealkylation sites (tertiary alicyclic amines) is 1. The molecule has 1 spiro atoms. The number of benzene rings is 1. The molecule has 8 heteroatoms. The molecule has 156 valence electrons. The van der Waals surface area contributed by atoms with Crippen LogP contribution in [0.2, 0.25) is 0 Å². The number of carbonyl (C=O) groups is 1. The van der Waals surface area contributed by atoms with E-state index < -0.39 is 0 Å². The van der Waals surface area contributed by atoms with Gasteiger partial charge in [0, 0.05) is 37.2 Å². The van der Waals surface area contributed by atoms with Gasteiger partial charge in [-0.1, -0.05) is 0 Å². The van der Waals surface area contributed by atoms with Gasteiger partial charge in [-0.2, -0.15) is 0 Å². The van der Waals surface area contributed by atoms with Crippen LogP contribution in [0.5, 0.6) is 0 Å². The molecule has 1 N–H and O–H groups in total. The fourth-order valence-corrected chi connectivity index (χ4v) is 5.14. The Morgan fingerprint density at radius 2 is 2.21 bits per heavy atom. The number of aryl methyl sites for hydroxylation is 1. The molecule has 2 saturated heterocycles. The highest BCUT2D eigenvalue weighted by atomic mass is 32.1. The van der Waals surface area contributed by atoms with E-state index in [1.165, 1.54) is 23.5 Å². The second-order valence-electron chi connectivity index (χ2n) is 7.71. The van der Waals surface area contributed by atoms with E-state index in [9.17, 15) is 9.18 Å². The van der Waals surface area contributed by atoms with Gasteiger partial charge in [-0.15, -0.1) is 11.3 Å². The third-order valence-corrected chi connectivity index (χ3v) is 6.69. The van der Waals surface area contributed by atoms with Crippen LogP contribution >= 0.6 is 11.3 Å². The number of hydrogen-bond donors (Lipinski definition) is 1. The third kappa shape index (κ3) is 4.35. The molecule has 3 heterocycles. The Balaban J connectivity index is 1.37. The molecule has 0 saturated carbocycles. The lowest BCUT2D eigenvalue weighted by Gasteiger charge is -2.44. The Morgan fingerprint density at radius 1 is 1.41 bits per heavy atom. The van der Waals surface area contributed by atoms with Crippen molar-refractivity contribution >= 4 is 22.4 Å². The molecule has 1 aromatic heterocycles. The largest absolute Gasteiger partial charge is 0.377 e. The monoisotopic (exact) mass is 419 g/mol. The first-order valence-electron chi connectivity index (χ1n) is 9.91. The number of methoxy groups -OCH3 is 1.